The molecule has 3 nitrogen and oxygen atoms in total. The molecule has 0 fully saturated rings. The molecule has 0 aliphatic heterocycles. The highest BCUT2D eigenvalue weighted by atomic mass is 19.2. The van der Waals surface area contributed by atoms with Crippen LogP contribution in [0.25, 0.3) is 0 Å². The van der Waals surface area contributed by atoms with E-state index < -0.39 is 29.0 Å². The number of aliphatic carboxylic acids is 1. The molecule has 88 valence electrons. The molecule has 0 aliphatic carbocycles. The average Bonchev–Trinajstić information content (AvgIpc) is 2.24. The highest BCUT2D eigenvalue weighted by Crippen LogP contribution is 2.25. The minimum Gasteiger partial charge on any atom is -0.478 e. The van der Waals surface area contributed by atoms with Crippen LogP contribution >= 0.6 is 0 Å². The maximum atomic E-state index is 13.2. The quantitative estimate of drug-likeness (QED) is 0.864. The van der Waals surface area contributed by atoms with Gasteiger partial charge in [-0.25, -0.2) is 9.18 Å². The van der Waals surface area contributed by atoms with Crippen LogP contribution in [-0.2, 0) is 4.79 Å². The molecule has 0 amide bonds. The van der Waals surface area contributed by atoms with E-state index in [1.807, 2.05) is 0 Å². The van der Waals surface area contributed by atoms with Crippen molar-refractivity contribution in [3.63, 3.8) is 0 Å². The van der Waals surface area contributed by atoms with Crippen molar-refractivity contribution in [3.05, 3.63) is 29.8 Å². The summed E-state index contributed by atoms with van der Waals surface area (Å²) in [5.74, 6) is -3.87. The zero-order chi connectivity index (χ0) is 12.3. The number of benzene rings is 1. The van der Waals surface area contributed by atoms with E-state index in [-0.39, 0.29) is 6.42 Å². The molecule has 1 aromatic rings. The Labute approximate surface area is 91.7 Å². The van der Waals surface area contributed by atoms with Gasteiger partial charge >= 0.3 is 5.97 Å². The molecule has 16 heavy (non-hydrogen) atoms. The molecule has 0 heterocycles. The summed E-state index contributed by atoms with van der Waals surface area (Å²) in [6, 6.07) is 3.38. The second kappa shape index (κ2) is 4.47. The van der Waals surface area contributed by atoms with Crippen LogP contribution in [0.3, 0.4) is 0 Å². The van der Waals surface area contributed by atoms with E-state index in [1.54, 1.807) is 6.92 Å². The first kappa shape index (κ1) is 12.4. The maximum Gasteiger partial charge on any atom is 0.347 e. The van der Waals surface area contributed by atoms with Gasteiger partial charge in [-0.1, -0.05) is 13.0 Å². The Bertz CT molecular complexity index is 406. The molecular formula is C11H12F2O3. The molecule has 1 rings (SSSR count). The molecule has 0 saturated carbocycles. The first-order chi connectivity index (χ1) is 7.40. The minimum absolute atomic E-state index is 0.137. The molecule has 5 heteroatoms. The van der Waals surface area contributed by atoms with Crippen LogP contribution in [0.5, 0.6) is 5.75 Å². The number of hydrogen-bond donors (Lipinski definition) is 1. The Kier molecular flexibility index (Phi) is 3.47. The molecule has 0 spiro atoms. The van der Waals surface area contributed by atoms with Gasteiger partial charge in [0.1, 0.15) is 0 Å². The van der Waals surface area contributed by atoms with Crippen molar-refractivity contribution in [1.29, 1.82) is 0 Å². The van der Waals surface area contributed by atoms with Crippen LogP contribution in [0.15, 0.2) is 18.2 Å². The van der Waals surface area contributed by atoms with Crippen molar-refractivity contribution < 1.29 is 23.4 Å². The van der Waals surface area contributed by atoms with E-state index >= 15 is 0 Å². The third kappa shape index (κ3) is 2.29. The van der Waals surface area contributed by atoms with Crippen molar-refractivity contribution in [2.24, 2.45) is 0 Å². The summed E-state index contributed by atoms with van der Waals surface area (Å²) in [5.41, 5.74) is -1.56. The predicted octanol–water partition coefficient (Wildman–Crippen LogP) is 2.60. The molecule has 1 aromatic carbocycles. The highest BCUT2D eigenvalue weighted by Gasteiger charge is 2.34. The van der Waals surface area contributed by atoms with Gasteiger partial charge in [0, 0.05) is 0 Å². The van der Waals surface area contributed by atoms with Gasteiger partial charge in [-0.05, 0) is 25.5 Å². The molecule has 0 bridgehead atoms. The van der Waals surface area contributed by atoms with Crippen molar-refractivity contribution in [3.8, 4) is 5.75 Å². The summed E-state index contributed by atoms with van der Waals surface area (Å²) in [6.07, 6.45) is 0.137. The Morgan fingerprint density at radius 1 is 1.50 bits per heavy atom. The fraction of sp³-hybridized carbons (Fsp3) is 0.364. The Hall–Kier alpha value is -1.65. The summed E-state index contributed by atoms with van der Waals surface area (Å²) in [6.45, 7) is 2.89. The van der Waals surface area contributed by atoms with Crippen LogP contribution in [0, 0.1) is 11.6 Å². The predicted molar refractivity (Wildman–Crippen MR) is 53.3 cm³/mol. The molecule has 1 atom stereocenters. The lowest BCUT2D eigenvalue weighted by Gasteiger charge is -2.24. The van der Waals surface area contributed by atoms with E-state index in [0.717, 1.165) is 6.07 Å². The third-order valence-electron chi connectivity index (χ3n) is 2.38. The molecule has 0 aromatic heterocycles. The average molecular weight is 230 g/mol. The fourth-order valence-corrected chi connectivity index (χ4v) is 1.07. The summed E-state index contributed by atoms with van der Waals surface area (Å²) in [5, 5.41) is 8.91. The van der Waals surface area contributed by atoms with E-state index in [4.69, 9.17) is 9.84 Å². The van der Waals surface area contributed by atoms with Crippen LogP contribution in [0.1, 0.15) is 20.3 Å². The van der Waals surface area contributed by atoms with Gasteiger partial charge in [0.2, 0.25) is 11.4 Å². The van der Waals surface area contributed by atoms with Crippen LogP contribution in [0.4, 0.5) is 8.78 Å². The molecule has 0 aliphatic rings. The number of halogens is 2. The third-order valence-corrected chi connectivity index (χ3v) is 2.38. The van der Waals surface area contributed by atoms with Gasteiger partial charge in [-0.2, -0.15) is 4.39 Å². The van der Waals surface area contributed by atoms with Crippen LogP contribution < -0.4 is 4.74 Å². The number of hydrogen-bond acceptors (Lipinski definition) is 2. The molecule has 1 unspecified atom stereocenters. The van der Waals surface area contributed by atoms with Gasteiger partial charge in [-0.3, -0.25) is 0 Å². The topological polar surface area (TPSA) is 46.5 Å². The molecule has 1 N–H and O–H groups in total. The van der Waals surface area contributed by atoms with Crippen LogP contribution in [0.2, 0.25) is 0 Å². The van der Waals surface area contributed by atoms with E-state index in [1.165, 1.54) is 19.1 Å². The summed E-state index contributed by atoms with van der Waals surface area (Å²) in [4.78, 5) is 10.9. The maximum absolute atomic E-state index is 13.2. The number of carboxylic acids is 1. The first-order valence-electron chi connectivity index (χ1n) is 4.77. The van der Waals surface area contributed by atoms with Crippen LogP contribution in [-0.4, -0.2) is 16.7 Å². The largest absolute Gasteiger partial charge is 0.478 e. The van der Waals surface area contributed by atoms with Gasteiger partial charge in [-0.15, -0.1) is 0 Å². The van der Waals surface area contributed by atoms with Crippen molar-refractivity contribution in [2.75, 3.05) is 0 Å². The van der Waals surface area contributed by atoms with Gasteiger partial charge < -0.3 is 9.84 Å². The highest BCUT2D eigenvalue weighted by molar-refractivity contribution is 5.77. The lowest BCUT2D eigenvalue weighted by molar-refractivity contribution is -0.154. The summed E-state index contributed by atoms with van der Waals surface area (Å²) < 4.78 is 31.1. The second-order valence-electron chi connectivity index (χ2n) is 3.54. The summed E-state index contributed by atoms with van der Waals surface area (Å²) >= 11 is 0. The Morgan fingerprint density at radius 2 is 2.12 bits per heavy atom. The first-order valence-corrected chi connectivity index (χ1v) is 4.77. The van der Waals surface area contributed by atoms with E-state index in [2.05, 4.69) is 0 Å². The number of rotatable bonds is 4. The van der Waals surface area contributed by atoms with Crippen molar-refractivity contribution in [1.82, 2.24) is 0 Å². The number of carboxylic acid groups (broad SMARTS) is 1. The van der Waals surface area contributed by atoms with Gasteiger partial charge in [0.25, 0.3) is 0 Å². The normalized spacial score (nSPS) is 14.2. The van der Waals surface area contributed by atoms with E-state index in [0.29, 0.717) is 0 Å². The zero-order valence-corrected chi connectivity index (χ0v) is 8.96. The monoisotopic (exact) mass is 230 g/mol. The summed E-state index contributed by atoms with van der Waals surface area (Å²) in [7, 11) is 0. The van der Waals surface area contributed by atoms with Gasteiger partial charge in [0.15, 0.2) is 11.6 Å². The van der Waals surface area contributed by atoms with Gasteiger partial charge in [0.05, 0.1) is 0 Å². The SMILES string of the molecule is CCC(C)(Oc1cccc(F)c1F)C(=O)O. The second-order valence-corrected chi connectivity index (χ2v) is 3.54. The zero-order valence-electron chi connectivity index (χ0n) is 8.96. The smallest absolute Gasteiger partial charge is 0.347 e. The Balaban J connectivity index is 3.04. The van der Waals surface area contributed by atoms with E-state index in [9.17, 15) is 13.6 Å². The Morgan fingerprint density at radius 3 is 2.62 bits per heavy atom. The van der Waals surface area contributed by atoms with Crippen molar-refractivity contribution in [2.45, 2.75) is 25.9 Å². The standard InChI is InChI=1S/C11H12F2O3/c1-3-11(2,10(14)15)16-8-6-4-5-7(12)9(8)13/h4-6H,3H2,1-2H3,(H,14,15). The lowest BCUT2D eigenvalue weighted by Crippen LogP contribution is -2.41. The molecule has 0 saturated heterocycles. The fourth-order valence-electron chi connectivity index (χ4n) is 1.07. The molecular weight excluding hydrogens is 218 g/mol. The number of carbonyl (C=O) groups is 1. The number of ether oxygens (including phenoxy) is 1. The molecule has 0 radical (unpaired) electrons. The van der Waals surface area contributed by atoms with Crippen molar-refractivity contribution >= 4 is 5.97 Å². The lowest BCUT2D eigenvalue weighted by atomic mass is 10.0. The minimum atomic E-state index is -1.56.